The van der Waals surface area contributed by atoms with E-state index in [1.54, 1.807) is 43.1 Å². The highest BCUT2D eigenvalue weighted by molar-refractivity contribution is 6.30. The summed E-state index contributed by atoms with van der Waals surface area (Å²) in [6, 6.07) is 12.9. The van der Waals surface area contributed by atoms with Crippen LogP contribution in [-0.2, 0) is 6.42 Å². The molecule has 0 atom stereocenters. The molecule has 0 N–H and O–H groups in total. The van der Waals surface area contributed by atoms with Gasteiger partial charge in [0.05, 0.1) is 18.4 Å². The molecule has 166 valence electrons. The molecule has 0 unspecified atom stereocenters. The molecule has 32 heavy (non-hydrogen) atoms. The van der Waals surface area contributed by atoms with Crippen LogP contribution in [-0.4, -0.2) is 49.0 Å². The van der Waals surface area contributed by atoms with Crippen LogP contribution in [0.5, 0.6) is 5.75 Å². The van der Waals surface area contributed by atoms with Crippen LogP contribution in [0.4, 0.5) is 5.69 Å². The lowest BCUT2D eigenvalue weighted by Gasteiger charge is -2.19. The molecule has 7 heteroatoms. The lowest BCUT2D eigenvalue weighted by atomic mass is 10.1. The topological polar surface area (TPSA) is 54.8 Å². The minimum Gasteiger partial charge on any atom is -0.495 e. The fourth-order valence-corrected chi connectivity index (χ4v) is 4.50. The van der Waals surface area contributed by atoms with Gasteiger partial charge >= 0.3 is 0 Å². The average molecular weight is 452 g/mol. The van der Waals surface area contributed by atoms with Gasteiger partial charge < -0.3 is 19.1 Å². The van der Waals surface area contributed by atoms with E-state index in [2.05, 4.69) is 0 Å². The molecule has 2 aromatic carbocycles. The molecule has 0 aliphatic carbocycles. The fourth-order valence-electron chi connectivity index (χ4n) is 4.34. The molecule has 2 amide bonds. The SMILES string of the molecule is COc1ccc(Cl)cc1-n1c(C)cc(C(=O)N2CCc3cc(C(=O)N(C)C)ccc32)c1C. The summed E-state index contributed by atoms with van der Waals surface area (Å²) >= 11 is 6.24. The Morgan fingerprint density at radius 3 is 2.47 bits per heavy atom. The monoisotopic (exact) mass is 451 g/mol. The molecule has 3 aromatic rings. The van der Waals surface area contributed by atoms with Gasteiger partial charge in [-0.25, -0.2) is 0 Å². The maximum atomic E-state index is 13.6. The van der Waals surface area contributed by atoms with Gasteiger partial charge in [0.1, 0.15) is 5.75 Å². The van der Waals surface area contributed by atoms with Crippen LogP contribution in [0.25, 0.3) is 5.69 Å². The summed E-state index contributed by atoms with van der Waals surface area (Å²) in [7, 11) is 5.08. The molecule has 0 saturated heterocycles. The van der Waals surface area contributed by atoms with Gasteiger partial charge in [0.2, 0.25) is 0 Å². The maximum Gasteiger partial charge on any atom is 0.260 e. The van der Waals surface area contributed by atoms with Crippen molar-refractivity contribution in [3.8, 4) is 11.4 Å². The van der Waals surface area contributed by atoms with E-state index < -0.39 is 0 Å². The van der Waals surface area contributed by atoms with E-state index in [1.807, 2.05) is 48.7 Å². The molecule has 4 rings (SSSR count). The highest BCUT2D eigenvalue weighted by Gasteiger charge is 2.29. The van der Waals surface area contributed by atoms with E-state index in [9.17, 15) is 9.59 Å². The van der Waals surface area contributed by atoms with Gasteiger partial charge in [-0.3, -0.25) is 9.59 Å². The van der Waals surface area contributed by atoms with Crippen LogP contribution in [0.2, 0.25) is 5.02 Å². The third-order valence-corrected chi connectivity index (χ3v) is 6.15. The van der Waals surface area contributed by atoms with E-state index >= 15 is 0 Å². The molecule has 6 nitrogen and oxygen atoms in total. The van der Waals surface area contributed by atoms with Gasteiger partial charge in [0, 0.05) is 48.3 Å². The lowest BCUT2D eigenvalue weighted by molar-refractivity contribution is 0.0827. The minimum absolute atomic E-state index is 0.0448. The number of methoxy groups -OCH3 is 1. The van der Waals surface area contributed by atoms with E-state index in [0.717, 1.165) is 34.7 Å². The maximum absolute atomic E-state index is 13.6. The molecular weight excluding hydrogens is 426 g/mol. The summed E-state index contributed by atoms with van der Waals surface area (Å²) in [4.78, 5) is 29.2. The average Bonchev–Trinajstić information content (AvgIpc) is 3.32. The quantitative estimate of drug-likeness (QED) is 0.579. The molecule has 1 aliphatic heterocycles. The van der Waals surface area contributed by atoms with Gasteiger partial charge in [0.15, 0.2) is 0 Å². The first-order valence-electron chi connectivity index (χ1n) is 10.4. The second-order valence-electron chi connectivity index (χ2n) is 8.19. The van der Waals surface area contributed by atoms with Gasteiger partial charge in [0.25, 0.3) is 11.8 Å². The summed E-state index contributed by atoms with van der Waals surface area (Å²) in [6.07, 6.45) is 0.719. The van der Waals surface area contributed by atoms with Crippen molar-refractivity contribution in [3.05, 3.63) is 75.6 Å². The number of halogens is 1. The number of carbonyl (C=O) groups is 2. The van der Waals surface area contributed by atoms with Gasteiger partial charge in [-0.05, 0) is 68.3 Å². The standard InChI is InChI=1S/C25H26ClN3O3/c1-15-12-20(16(2)29(15)22-14-19(26)7-9-23(22)32-5)25(31)28-11-10-17-13-18(6-8-21(17)28)24(30)27(3)4/h6-9,12-14H,10-11H2,1-5H3. The Morgan fingerprint density at radius 1 is 1.03 bits per heavy atom. The zero-order chi connectivity index (χ0) is 23.2. The molecule has 0 fully saturated rings. The van der Waals surface area contributed by atoms with Crippen molar-refractivity contribution >= 4 is 29.1 Å². The number of anilines is 1. The number of hydrogen-bond donors (Lipinski definition) is 0. The van der Waals surface area contributed by atoms with E-state index in [4.69, 9.17) is 16.3 Å². The largest absolute Gasteiger partial charge is 0.495 e. The summed E-state index contributed by atoms with van der Waals surface area (Å²) in [5.74, 6) is 0.576. The number of benzene rings is 2. The Bertz CT molecular complexity index is 1230. The smallest absolute Gasteiger partial charge is 0.260 e. The van der Waals surface area contributed by atoms with Crippen LogP contribution in [0, 0.1) is 13.8 Å². The van der Waals surface area contributed by atoms with Crippen LogP contribution < -0.4 is 9.64 Å². The third-order valence-electron chi connectivity index (χ3n) is 5.92. The Kier molecular flexibility index (Phi) is 5.73. The Morgan fingerprint density at radius 2 is 1.78 bits per heavy atom. The number of nitrogens with zero attached hydrogens (tertiary/aromatic N) is 3. The van der Waals surface area contributed by atoms with Crippen LogP contribution in [0.3, 0.4) is 0 Å². The highest BCUT2D eigenvalue weighted by Crippen LogP contribution is 2.34. The lowest BCUT2D eigenvalue weighted by Crippen LogP contribution is -2.29. The van der Waals surface area contributed by atoms with Crippen molar-refractivity contribution in [1.82, 2.24) is 9.47 Å². The number of aromatic nitrogens is 1. The van der Waals surface area contributed by atoms with Crippen molar-refractivity contribution < 1.29 is 14.3 Å². The van der Waals surface area contributed by atoms with Crippen molar-refractivity contribution in [2.45, 2.75) is 20.3 Å². The van der Waals surface area contributed by atoms with E-state index in [1.165, 1.54) is 0 Å². The highest BCUT2D eigenvalue weighted by atomic mass is 35.5. The number of aryl methyl sites for hydroxylation is 1. The van der Waals surface area contributed by atoms with Crippen molar-refractivity contribution in [1.29, 1.82) is 0 Å². The Hall–Kier alpha value is -3.25. The summed E-state index contributed by atoms with van der Waals surface area (Å²) < 4.78 is 7.52. The number of ether oxygens (including phenoxy) is 1. The van der Waals surface area contributed by atoms with E-state index in [0.29, 0.717) is 28.4 Å². The van der Waals surface area contributed by atoms with Gasteiger partial charge in [-0.15, -0.1) is 0 Å². The molecule has 0 spiro atoms. The molecule has 2 heterocycles. The van der Waals surface area contributed by atoms with Crippen molar-refractivity contribution in [2.24, 2.45) is 0 Å². The molecule has 1 aromatic heterocycles. The predicted molar refractivity (Wildman–Crippen MR) is 127 cm³/mol. The number of carbonyl (C=O) groups excluding carboxylic acids is 2. The van der Waals surface area contributed by atoms with Crippen molar-refractivity contribution in [3.63, 3.8) is 0 Å². The third kappa shape index (κ3) is 3.65. The van der Waals surface area contributed by atoms with E-state index in [-0.39, 0.29) is 11.8 Å². The Labute approximate surface area is 193 Å². The summed E-state index contributed by atoms with van der Waals surface area (Å²) in [5, 5.41) is 0.595. The van der Waals surface area contributed by atoms with Crippen LogP contribution in [0.15, 0.2) is 42.5 Å². The molecule has 1 aliphatic rings. The number of hydrogen-bond acceptors (Lipinski definition) is 3. The van der Waals surface area contributed by atoms with Crippen molar-refractivity contribution in [2.75, 3.05) is 32.6 Å². The summed E-state index contributed by atoms with van der Waals surface area (Å²) in [5.41, 5.74) is 5.66. The first-order valence-corrected chi connectivity index (χ1v) is 10.8. The first-order chi connectivity index (χ1) is 15.2. The fraction of sp³-hybridized carbons (Fsp3) is 0.280. The Balaban J connectivity index is 1.71. The zero-order valence-corrected chi connectivity index (χ0v) is 19.7. The molecule has 0 bridgehead atoms. The van der Waals surface area contributed by atoms with Crippen LogP contribution in [0.1, 0.15) is 37.7 Å². The molecular formula is C25H26ClN3O3. The molecule has 0 saturated carbocycles. The van der Waals surface area contributed by atoms with Gasteiger partial charge in [-0.2, -0.15) is 0 Å². The predicted octanol–water partition coefficient (Wildman–Crippen LogP) is 4.66. The molecule has 0 radical (unpaired) electrons. The second kappa shape index (κ2) is 8.36. The van der Waals surface area contributed by atoms with Crippen LogP contribution >= 0.6 is 11.6 Å². The number of amides is 2. The first kappa shape index (κ1) is 22.0. The number of rotatable bonds is 4. The minimum atomic E-state index is -0.0595. The number of fused-ring (bicyclic) bond motifs is 1. The van der Waals surface area contributed by atoms with Gasteiger partial charge in [-0.1, -0.05) is 11.6 Å². The second-order valence-corrected chi connectivity index (χ2v) is 8.62. The zero-order valence-electron chi connectivity index (χ0n) is 18.9. The summed E-state index contributed by atoms with van der Waals surface area (Å²) in [6.45, 7) is 4.47. The normalized spacial score (nSPS) is 12.6.